The molecule has 126 valence electrons. The summed E-state index contributed by atoms with van der Waals surface area (Å²) in [6.07, 6.45) is 1.93. The van der Waals surface area contributed by atoms with Gasteiger partial charge in [-0.25, -0.2) is 0 Å². The minimum absolute atomic E-state index is 0.0594. The summed E-state index contributed by atoms with van der Waals surface area (Å²) in [6.45, 7) is 2.09. The molecule has 2 aromatic rings. The Morgan fingerprint density at radius 2 is 2.21 bits per heavy atom. The molecule has 2 aliphatic heterocycles. The summed E-state index contributed by atoms with van der Waals surface area (Å²) in [4.78, 5) is 26.5. The first-order valence-corrected chi connectivity index (χ1v) is 8.56. The van der Waals surface area contributed by atoms with Crippen molar-refractivity contribution in [1.29, 1.82) is 0 Å². The first-order valence-electron chi connectivity index (χ1n) is 8.19. The number of aromatic nitrogens is 2. The summed E-state index contributed by atoms with van der Waals surface area (Å²) < 4.78 is 6.92. The SMILES string of the molecule is O=C(CCc1cc(Cl)no1)N1C[C@H]2C[C@@H](C1)c1cccc(=O)n1C2. The maximum Gasteiger partial charge on any atom is 0.250 e. The van der Waals surface area contributed by atoms with Crippen LogP contribution < -0.4 is 5.56 Å². The van der Waals surface area contributed by atoms with Crippen LogP contribution in [0.5, 0.6) is 0 Å². The van der Waals surface area contributed by atoms with Crippen molar-refractivity contribution in [3.8, 4) is 0 Å². The minimum Gasteiger partial charge on any atom is -0.360 e. The number of hydrogen-bond donors (Lipinski definition) is 0. The van der Waals surface area contributed by atoms with Crippen LogP contribution in [0.15, 0.2) is 33.6 Å². The molecule has 2 aromatic heterocycles. The van der Waals surface area contributed by atoms with E-state index in [1.807, 2.05) is 21.6 Å². The maximum atomic E-state index is 12.6. The van der Waals surface area contributed by atoms with Crippen molar-refractivity contribution >= 4 is 17.5 Å². The van der Waals surface area contributed by atoms with Crippen molar-refractivity contribution in [1.82, 2.24) is 14.6 Å². The molecule has 1 fully saturated rings. The van der Waals surface area contributed by atoms with E-state index in [1.165, 1.54) is 0 Å². The Bertz CT molecular complexity index is 828. The summed E-state index contributed by atoms with van der Waals surface area (Å²) in [5.74, 6) is 1.33. The first-order chi connectivity index (χ1) is 11.6. The predicted molar refractivity (Wildman–Crippen MR) is 88.0 cm³/mol. The molecule has 2 atom stereocenters. The lowest BCUT2D eigenvalue weighted by atomic mass is 9.83. The van der Waals surface area contributed by atoms with Crippen LogP contribution in [-0.4, -0.2) is 33.6 Å². The van der Waals surface area contributed by atoms with Crippen molar-refractivity contribution in [2.75, 3.05) is 13.1 Å². The van der Waals surface area contributed by atoms with E-state index in [4.69, 9.17) is 16.1 Å². The summed E-state index contributed by atoms with van der Waals surface area (Å²) >= 11 is 5.72. The van der Waals surface area contributed by atoms with E-state index in [0.717, 1.165) is 12.1 Å². The van der Waals surface area contributed by atoms with Crippen LogP contribution >= 0.6 is 11.6 Å². The van der Waals surface area contributed by atoms with Gasteiger partial charge in [0, 0.05) is 56.2 Å². The highest BCUT2D eigenvalue weighted by molar-refractivity contribution is 6.29. The topological polar surface area (TPSA) is 68.3 Å². The molecule has 0 aromatic carbocycles. The van der Waals surface area contributed by atoms with E-state index in [0.29, 0.717) is 49.3 Å². The molecule has 0 spiro atoms. The Morgan fingerprint density at radius 3 is 3.00 bits per heavy atom. The van der Waals surface area contributed by atoms with E-state index >= 15 is 0 Å². The Morgan fingerprint density at radius 1 is 1.33 bits per heavy atom. The Hall–Kier alpha value is -2.08. The molecule has 4 rings (SSSR count). The number of aryl methyl sites for hydroxylation is 1. The van der Waals surface area contributed by atoms with Gasteiger partial charge in [0.25, 0.3) is 5.56 Å². The van der Waals surface area contributed by atoms with Crippen LogP contribution in [0.3, 0.4) is 0 Å². The summed E-state index contributed by atoms with van der Waals surface area (Å²) in [5.41, 5.74) is 1.11. The van der Waals surface area contributed by atoms with E-state index in [-0.39, 0.29) is 17.4 Å². The maximum absolute atomic E-state index is 12.6. The monoisotopic (exact) mass is 347 g/mol. The summed E-state index contributed by atoms with van der Waals surface area (Å²) in [6, 6.07) is 7.06. The molecule has 0 aliphatic carbocycles. The highest BCUT2D eigenvalue weighted by atomic mass is 35.5. The molecule has 4 heterocycles. The van der Waals surface area contributed by atoms with Gasteiger partial charge in [-0.2, -0.15) is 0 Å². The molecule has 0 unspecified atom stereocenters. The average Bonchev–Trinajstić information content (AvgIpc) is 2.99. The number of carbonyl (C=O) groups excluding carboxylic acids is 1. The summed E-state index contributed by atoms with van der Waals surface area (Å²) in [7, 11) is 0. The fraction of sp³-hybridized carbons (Fsp3) is 0.471. The van der Waals surface area contributed by atoms with Gasteiger partial charge in [-0.1, -0.05) is 22.8 Å². The van der Waals surface area contributed by atoms with Crippen LogP contribution in [-0.2, 0) is 17.8 Å². The van der Waals surface area contributed by atoms with Crippen LogP contribution in [0.25, 0.3) is 0 Å². The fourth-order valence-corrected chi connectivity index (χ4v) is 4.05. The Kier molecular flexibility index (Phi) is 3.92. The molecular formula is C17H18ClN3O3. The zero-order valence-corrected chi connectivity index (χ0v) is 13.9. The van der Waals surface area contributed by atoms with Crippen molar-refractivity contribution in [2.24, 2.45) is 5.92 Å². The van der Waals surface area contributed by atoms with Gasteiger partial charge < -0.3 is 14.0 Å². The average molecular weight is 348 g/mol. The van der Waals surface area contributed by atoms with Crippen LogP contribution in [0, 0.1) is 5.92 Å². The number of amides is 1. The molecule has 1 saturated heterocycles. The fourth-order valence-electron chi connectivity index (χ4n) is 3.89. The van der Waals surface area contributed by atoms with Crippen LogP contribution in [0.2, 0.25) is 5.15 Å². The van der Waals surface area contributed by atoms with E-state index < -0.39 is 0 Å². The molecule has 24 heavy (non-hydrogen) atoms. The quantitative estimate of drug-likeness (QED) is 0.852. The number of piperidine rings is 1. The zero-order valence-electron chi connectivity index (χ0n) is 13.2. The second-order valence-electron chi connectivity index (χ2n) is 6.61. The van der Waals surface area contributed by atoms with Gasteiger partial charge in [-0.05, 0) is 18.4 Å². The normalized spacial score (nSPS) is 22.3. The largest absolute Gasteiger partial charge is 0.360 e. The number of nitrogens with zero attached hydrogens (tertiary/aromatic N) is 3. The lowest BCUT2D eigenvalue weighted by molar-refractivity contribution is -0.134. The number of rotatable bonds is 3. The molecule has 1 amide bonds. The first kappa shape index (κ1) is 15.4. The minimum atomic E-state index is 0.0594. The highest BCUT2D eigenvalue weighted by Crippen LogP contribution is 2.35. The van der Waals surface area contributed by atoms with E-state index in [9.17, 15) is 9.59 Å². The number of carbonyl (C=O) groups is 1. The van der Waals surface area contributed by atoms with Gasteiger partial charge >= 0.3 is 0 Å². The molecule has 6 nitrogen and oxygen atoms in total. The molecule has 7 heteroatoms. The zero-order chi connectivity index (χ0) is 16.7. The lowest BCUT2D eigenvalue weighted by Crippen LogP contribution is -2.49. The predicted octanol–water partition coefficient (Wildman–Crippen LogP) is 2.07. The third kappa shape index (κ3) is 2.86. The smallest absolute Gasteiger partial charge is 0.250 e. The van der Waals surface area contributed by atoms with E-state index in [2.05, 4.69) is 5.16 Å². The van der Waals surface area contributed by atoms with Crippen molar-refractivity contribution in [2.45, 2.75) is 31.7 Å². The van der Waals surface area contributed by atoms with Crippen LogP contribution in [0.4, 0.5) is 0 Å². The van der Waals surface area contributed by atoms with Crippen LogP contribution in [0.1, 0.15) is 30.2 Å². The van der Waals surface area contributed by atoms with Crippen molar-refractivity contribution < 1.29 is 9.32 Å². The van der Waals surface area contributed by atoms with Gasteiger partial charge in [-0.15, -0.1) is 0 Å². The number of likely N-dealkylation sites (tertiary alicyclic amines) is 1. The third-order valence-corrected chi connectivity index (χ3v) is 5.13. The van der Waals surface area contributed by atoms with Gasteiger partial charge in [0.2, 0.25) is 5.91 Å². The Balaban J connectivity index is 1.45. The van der Waals surface area contributed by atoms with Gasteiger partial charge in [-0.3, -0.25) is 9.59 Å². The second-order valence-corrected chi connectivity index (χ2v) is 7.00. The standard InChI is InChI=1S/C17H18ClN3O3/c18-15-7-13(24-19-15)4-5-16(22)20-8-11-6-12(10-20)14-2-1-3-17(23)21(14)9-11/h1-3,7,11-12H,4-6,8-10H2/t11-,12+/m1/s1. The van der Waals surface area contributed by atoms with Gasteiger partial charge in [0.1, 0.15) is 5.76 Å². The lowest BCUT2D eigenvalue weighted by Gasteiger charge is -2.42. The van der Waals surface area contributed by atoms with Gasteiger partial charge in [0.15, 0.2) is 5.15 Å². The molecule has 0 saturated carbocycles. The van der Waals surface area contributed by atoms with Gasteiger partial charge in [0.05, 0.1) is 0 Å². The number of fused-ring (bicyclic) bond motifs is 4. The summed E-state index contributed by atoms with van der Waals surface area (Å²) in [5, 5.41) is 3.93. The molecule has 2 bridgehead atoms. The molecule has 0 radical (unpaired) electrons. The van der Waals surface area contributed by atoms with E-state index in [1.54, 1.807) is 12.1 Å². The third-order valence-electron chi connectivity index (χ3n) is 4.95. The van der Waals surface area contributed by atoms with Crippen molar-refractivity contribution in [3.63, 3.8) is 0 Å². The number of pyridine rings is 1. The van der Waals surface area contributed by atoms with Crippen molar-refractivity contribution in [3.05, 3.63) is 51.2 Å². The second kappa shape index (κ2) is 6.09. The molecule has 0 N–H and O–H groups in total. The Labute approximate surface area is 144 Å². The molecule has 2 aliphatic rings. The number of halogens is 1. The number of hydrogen-bond acceptors (Lipinski definition) is 4. The molecular weight excluding hydrogens is 330 g/mol. The highest BCUT2D eigenvalue weighted by Gasteiger charge is 2.35.